The normalized spacial score (nSPS) is 14.7. The predicted molar refractivity (Wildman–Crippen MR) is 55.2 cm³/mol. The minimum Gasteiger partial charge on any atom is -0.480 e. The van der Waals surface area contributed by atoms with Gasteiger partial charge in [0.25, 0.3) is 0 Å². The fourth-order valence-electron chi connectivity index (χ4n) is 1.28. The summed E-state index contributed by atoms with van der Waals surface area (Å²) >= 11 is 0. The van der Waals surface area contributed by atoms with E-state index < -0.39 is 17.3 Å². The van der Waals surface area contributed by atoms with Gasteiger partial charge in [0.05, 0.1) is 0 Å². The van der Waals surface area contributed by atoms with Gasteiger partial charge in [-0.15, -0.1) is 0 Å². The Morgan fingerprint density at radius 1 is 1.53 bits per heavy atom. The summed E-state index contributed by atoms with van der Waals surface area (Å²) in [6, 6.07) is 4.44. The zero-order chi connectivity index (χ0) is 11.6. The van der Waals surface area contributed by atoms with Crippen LogP contribution in [0.3, 0.4) is 0 Å². The lowest BCUT2D eigenvalue weighted by molar-refractivity contribution is -0.144. The quantitative estimate of drug-likeness (QED) is 0.799. The smallest absolute Gasteiger partial charge is 0.328 e. The number of hydrogen-bond acceptors (Lipinski definition) is 2. The largest absolute Gasteiger partial charge is 0.480 e. The molecule has 0 saturated carbocycles. The zero-order valence-electron chi connectivity index (χ0n) is 8.97. The Morgan fingerprint density at radius 2 is 2.13 bits per heavy atom. The lowest BCUT2D eigenvalue weighted by Crippen LogP contribution is -2.44. The first-order valence-electron chi connectivity index (χ1n) is 4.60. The maximum Gasteiger partial charge on any atom is 0.328 e. The molecule has 82 valence electrons. The third-order valence-electron chi connectivity index (χ3n) is 2.68. The maximum atomic E-state index is 13.3. The lowest BCUT2D eigenvalue weighted by Gasteiger charge is -2.24. The molecule has 2 N–H and O–H groups in total. The van der Waals surface area contributed by atoms with Crippen molar-refractivity contribution in [3.63, 3.8) is 0 Å². The topological polar surface area (TPSA) is 49.3 Å². The summed E-state index contributed by atoms with van der Waals surface area (Å²) < 4.78 is 13.3. The second kappa shape index (κ2) is 3.98. The van der Waals surface area contributed by atoms with Crippen molar-refractivity contribution in [2.75, 3.05) is 7.05 Å². The number of rotatable bonds is 3. The van der Waals surface area contributed by atoms with Gasteiger partial charge in [-0.1, -0.05) is 12.1 Å². The number of carboxylic acid groups (broad SMARTS) is 1. The van der Waals surface area contributed by atoms with E-state index in [2.05, 4.69) is 5.32 Å². The van der Waals surface area contributed by atoms with Crippen LogP contribution in [0, 0.1) is 12.7 Å². The fraction of sp³-hybridized carbons (Fsp3) is 0.364. The van der Waals surface area contributed by atoms with E-state index in [0.717, 1.165) is 0 Å². The van der Waals surface area contributed by atoms with Crippen molar-refractivity contribution in [2.24, 2.45) is 0 Å². The van der Waals surface area contributed by atoms with Gasteiger partial charge in [0.1, 0.15) is 11.4 Å². The van der Waals surface area contributed by atoms with Crippen LogP contribution in [0.15, 0.2) is 18.2 Å². The van der Waals surface area contributed by atoms with Gasteiger partial charge in [-0.3, -0.25) is 0 Å². The summed E-state index contributed by atoms with van der Waals surface area (Å²) in [6.45, 7) is 3.13. The van der Waals surface area contributed by atoms with Crippen molar-refractivity contribution in [1.82, 2.24) is 5.32 Å². The Labute approximate surface area is 87.9 Å². The molecule has 0 heterocycles. The Hall–Kier alpha value is -1.42. The van der Waals surface area contributed by atoms with Crippen LogP contribution in [-0.4, -0.2) is 18.1 Å². The highest BCUT2D eigenvalue weighted by Gasteiger charge is 2.33. The molecule has 0 aliphatic carbocycles. The molecule has 15 heavy (non-hydrogen) atoms. The van der Waals surface area contributed by atoms with Crippen LogP contribution < -0.4 is 5.32 Å². The van der Waals surface area contributed by atoms with E-state index in [1.54, 1.807) is 19.1 Å². The van der Waals surface area contributed by atoms with Crippen molar-refractivity contribution < 1.29 is 14.3 Å². The van der Waals surface area contributed by atoms with Crippen molar-refractivity contribution in [1.29, 1.82) is 0 Å². The number of carboxylic acids is 1. The van der Waals surface area contributed by atoms with Crippen molar-refractivity contribution in [3.05, 3.63) is 35.1 Å². The van der Waals surface area contributed by atoms with Gasteiger partial charge in [-0.2, -0.15) is 0 Å². The third kappa shape index (κ3) is 1.99. The molecule has 1 unspecified atom stereocenters. The number of halogens is 1. The molecular weight excluding hydrogens is 197 g/mol. The first-order chi connectivity index (χ1) is 6.91. The van der Waals surface area contributed by atoms with E-state index in [1.165, 1.54) is 20.0 Å². The first kappa shape index (κ1) is 11.7. The van der Waals surface area contributed by atoms with Crippen LogP contribution in [0.5, 0.6) is 0 Å². The SMILES string of the molecule is CNC(C)(C(=O)O)c1ccc(C)c(F)c1. The Kier molecular flexibility index (Phi) is 3.09. The number of nitrogens with one attached hydrogen (secondary N) is 1. The number of benzene rings is 1. The van der Waals surface area contributed by atoms with Crippen LogP contribution in [0.25, 0.3) is 0 Å². The van der Waals surface area contributed by atoms with Crippen molar-refractivity contribution in [2.45, 2.75) is 19.4 Å². The van der Waals surface area contributed by atoms with Crippen LogP contribution >= 0.6 is 0 Å². The molecule has 1 rings (SSSR count). The predicted octanol–water partition coefficient (Wildman–Crippen LogP) is 1.65. The molecule has 0 aliphatic heterocycles. The summed E-state index contributed by atoms with van der Waals surface area (Å²) in [4.78, 5) is 11.1. The number of carbonyl (C=O) groups is 1. The molecule has 0 fully saturated rings. The number of hydrogen-bond donors (Lipinski definition) is 2. The van der Waals surface area contributed by atoms with E-state index >= 15 is 0 Å². The molecule has 1 atom stereocenters. The van der Waals surface area contributed by atoms with Crippen LogP contribution in [0.2, 0.25) is 0 Å². The summed E-state index contributed by atoms with van der Waals surface area (Å²) in [5.41, 5.74) is -0.350. The summed E-state index contributed by atoms with van der Waals surface area (Å²) in [5.74, 6) is -1.43. The summed E-state index contributed by atoms with van der Waals surface area (Å²) in [6.07, 6.45) is 0. The number of aryl methyl sites for hydroxylation is 1. The molecule has 0 amide bonds. The highest BCUT2D eigenvalue weighted by molar-refractivity contribution is 5.80. The fourth-order valence-corrected chi connectivity index (χ4v) is 1.28. The van der Waals surface area contributed by atoms with Crippen molar-refractivity contribution in [3.8, 4) is 0 Å². The lowest BCUT2D eigenvalue weighted by atomic mass is 9.91. The van der Waals surface area contributed by atoms with Crippen LogP contribution in [0.4, 0.5) is 4.39 Å². The van der Waals surface area contributed by atoms with Gasteiger partial charge in [-0.05, 0) is 38.1 Å². The average Bonchev–Trinajstić information content (AvgIpc) is 2.20. The molecule has 0 radical (unpaired) electrons. The number of aliphatic carboxylic acids is 1. The molecule has 0 spiro atoms. The molecule has 0 bridgehead atoms. The second-order valence-corrected chi connectivity index (χ2v) is 3.64. The Bertz CT molecular complexity index is 392. The second-order valence-electron chi connectivity index (χ2n) is 3.64. The molecule has 1 aromatic carbocycles. The Morgan fingerprint density at radius 3 is 2.53 bits per heavy atom. The molecule has 3 nitrogen and oxygen atoms in total. The van der Waals surface area contributed by atoms with E-state index in [1.807, 2.05) is 0 Å². The highest BCUT2D eigenvalue weighted by atomic mass is 19.1. The molecule has 4 heteroatoms. The summed E-state index contributed by atoms with van der Waals surface area (Å²) in [5, 5.41) is 11.7. The maximum absolute atomic E-state index is 13.3. The molecule has 1 aromatic rings. The Balaban J connectivity index is 3.25. The minimum absolute atomic E-state index is 0.393. The van der Waals surface area contributed by atoms with E-state index in [9.17, 15) is 9.18 Å². The summed E-state index contributed by atoms with van der Waals surface area (Å²) in [7, 11) is 1.53. The molecule has 0 saturated heterocycles. The first-order valence-corrected chi connectivity index (χ1v) is 4.60. The third-order valence-corrected chi connectivity index (χ3v) is 2.68. The van der Waals surface area contributed by atoms with E-state index in [4.69, 9.17) is 5.11 Å². The van der Waals surface area contributed by atoms with Crippen molar-refractivity contribution >= 4 is 5.97 Å². The van der Waals surface area contributed by atoms with Gasteiger partial charge in [0.15, 0.2) is 0 Å². The van der Waals surface area contributed by atoms with E-state index in [0.29, 0.717) is 11.1 Å². The zero-order valence-corrected chi connectivity index (χ0v) is 8.97. The average molecular weight is 211 g/mol. The monoisotopic (exact) mass is 211 g/mol. The van der Waals surface area contributed by atoms with Gasteiger partial charge < -0.3 is 10.4 Å². The van der Waals surface area contributed by atoms with Crippen LogP contribution in [0.1, 0.15) is 18.1 Å². The standard InChI is InChI=1S/C11H14FNO2/c1-7-4-5-8(6-9(7)12)11(2,13-3)10(14)15/h4-6,13H,1-3H3,(H,14,15). The van der Waals surface area contributed by atoms with Gasteiger partial charge in [0, 0.05) is 0 Å². The number of likely N-dealkylation sites (N-methyl/N-ethyl adjacent to an activating group) is 1. The van der Waals surface area contributed by atoms with Gasteiger partial charge in [0.2, 0.25) is 0 Å². The molecule has 0 aliphatic rings. The van der Waals surface area contributed by atoms with E-state index in [-0.39, 0.29) is 0 Å². The molecular formula is C11H14FNO2. The van der Waals surface area contributed by atoms with Crippen LogP contribution in [-0.2, 0) is 10.3 Å². The highest BCUT2D eigenvalue weighted by Crippen LogP contribution is 2.22. The van der Waals surface area contributed by atoms with Gasteiger partial charge >= 0.3 is 5.97 Å². The molecule has 0 aromatic heterocycles. The minimum atomic E-state index is -1.26. The van der Waals surface area contributed by atoms with Gasteiger partial charge in [-0.25, -0.2) is 9.18 Å².